The van der Waals surface area contributed by atoms with Gasteiger partial charge >= 0.3 is 0 Å². The third kappa shape index (κ3) is 5.78. The zero-order chi connectivity index (χ0) is 23.4. The summed E-state index contributed by atoms with van der Waals surface area (Å²) in [5.41, 5.74) is 2.26. The summed E-state index contributed by atoms with van der Waals surface area (Å²) < 4.78 is 34.6. The summed E-state index contributed by atoms with van der Waals surface area (Å²) in [6, 6.07) is 9.74. The van der Waals surface area contributed by atoms with E-state index in [2.05, 4.69) is 20.3 Å². The fourth-order valence-corrected chi connectivity index (χ4v) is 5.34. The smallest absolute Gasteiger partial charge is 0.262 e. The summed E-state index contributed by atoms with van der Waals surface area (Å²) >= 11 is 6.16. The highest BCUT2D eigenvalue weighted by molar-refractivity contribution is 7.92. The van der Waals surface area contributed by atoms with E-state index in [1.807, 2.05) is 6.92 Å². The molecular weight excluding hydrogens is 464 g/mol. The Kier molecular flexibility index (Phi) is 7.43. The maximum Gasteiger partial charge on any atom is 0.262 e. The van der Waals surface area contributed by atoms with E-state index in [4.69, 9.17) is 16.3 Å². The van der Waals surface area contributed by atoms with E-state index in [0.717, 1.165) is 56.9 Å². The van der Waals surface area contributed by atoms with E-state index in [-0.39, 0.29) is 16.9 Å². The number of piperazine rings is 1. The summed E-state index contributed by atoms with van der Waals surface area (Å²) in [6.07, 6.45) is 1.94. The van der Waals surface area contributed by atoms with Gasteiger partial charge in [-0.3, -0.25) is 9.52 Å². The fourth-order valence-electron chi connectivity index (χ4n) is 4.00. The Balaban J connectivity index is 1.61. The first-order valence-electron chi connectivity index (χ1n) is 11.1. The molecule has 2 aromatic rings. The zero-order valence-electron chi connectivity index (χ0n) is 18.6. The van der Waals surface area contributed by atoms with Crippen molar-refractivity contribution in [3.63, 3.8) is 0 Å². The standard InChI is InChI=1S/C23H29ClN4O4S/c1-16-4-6-19(14-20(16)24)33(30,31)27-21-13-17(23(29)26-15-18-3-2-12-32-18)5-7-22(21)28-10-8-25-9-11-28/h4-7,13-14,18,25,27H,2-3,8-12,15H2,1H3,(H,26,29)/t18-/m1/s1. The largest absolute Gasteiger partial charge is 0.376 e. The Morgan fingerprint density at radius 1 is 1.21 bits per heavy atom. The molecule has 0 saturated carbocycles. The van der Waals surface area contributed by atoms with Crippen LogP contribution < -0.4 is 20.3 Å². The molecule has 33 heavy (non-hydrogen) atoms. The van der Waals surface area contributed by atoms with Gasteiger partial charge in [0.15, 0.2) is 0 Å². The number of sulfonamides is 1. The van der Waals surface area contributed by atoms with Crippen LogP contribution in [0.5, 0.6) is 0 Å². The molecule has 2 aromatic carbocycles. The van der Waals surface area contributed by atoms with Crippen molar-refractivity contribution in [2.45, 2.75) is 30.8 Å². The van der Waals surface area contributed by atoms with Crippen LogP contribution in [0.4, 0.5) is 11.4 Å². The third-order valence-corrected chi connectivity index (χ3v) is 7.70. The Labute approximate surface area is 199 Å². The van der Waals surface area contributed by atoms with Crippen molar-refractivity contribution in [1.29, 1.82) is 0 Å². The second-order valence-corrected chi connectivity index (χ2v) is 10.4. The molecule has 178 valence electrons. The van der Waals surface area contributed by atoms with Gasteiger partial charge in [-0.25, -0.2) is 8.42 Å². The number of nitrogens with one attached hydrogen (secondary N) is 3. The van der Waals surface area contributed by atoms with Gasteiger partial charge in [-0.05, 0) is 55.7 Å². The minimum Gasteiger partial charge on any atom is -0.376 e. The van der Waals surface area contributed by atoms with Gasteiger partial charge in [0.2, 0.25) is 0 Å². The number of ether oxygens (including phenoxy) is 1. The lowest BCUT2D eigenvalue weighted by Gasteiger charge is -2.31. The van der Waals surface area contributed by atoms with E-state index < -0.39 is 10.0 Å². The number of amides is 1. The SMILES string of the molecule is Cc1ccc(S(=O)(=O)Nc2cc(C(=O)NC[C@H]3CCCO3)ccc2N2CCNCC2)cc1Cl. The Bertz CT molecular complexity index is 1110. The minimum atomic E-state index is -3.91. The molecule has 0 aliphatic carbocycles. The van der Waals surface area contributed by atoms with Gasteiger partial charge in [0.1, 0.15) is 0 Å². The van der Waals surface area contributed by atoms with Crippen LogP contribution in [0.25, 0.3) is 0 Å². The van der Waals surface area contributed by atoms with Gasteiger partial charge in [-0.2, -0.15) is 0 Å². The molecule has 0 radical (unpaired) electrons. The number of rotatable bonds is 7. The first-order valence-corrected chi connectivity index (χ1v) is 13.0. The average Bonchev–Trinajstić information content (AvgIpc) is 3.33. The summed E-state index contributed by atoms with van der Waals surface area (Å²) in [5, 5.41) is 6.56. The van der Waals surface area contributed by atoms with E-state index >= 15 is 0 Å². The highest BCUT2D eigenvalue weighted by atomic mass is 35.5. The molecule has 1 atom stereocenters. The molecule has 0 bridgehead atoms. The summed E-state index contributed by atoms with van der Waals surface area (Å²) in [6.45, 7) is 6.02. The molecule has 2 heterocycles. The maximum absolute atomic E-state index is 13.2. The Hall–Kier alpha value is -2.33. The molecule has 8 nitrogen and oxygen atoms in total. The van der Waals surface area contributed by atoms with E-state index in [0.29, 0.717) is 22.8 Å². The second-order valence-electron chi connectivity index (χ2n) is 8.33. The number of halogens is 1. The molecule has 1 amide bonds. The molecule has 3 N–H and O–H groups in total. The molecule has 0 aromatic heterocycles. The van der Waals surface area contributed by atoms with Crippen LogP contribution in [0.15, 0.2) is 41.3 Å². The summed E-state index contributed by atoms with van der Waals surface area (Å²) in [5.74, 6) is -0.267. The number of anilines is 2. The lowest BCUT2D eigenvalue weighted by molar-refractivity contribution is 0.0858. The van der Waals surface area contributed by atoms with Crippen molar-refractivity contribution in [3.8, 4) is 0 Å². The van der Waals surface area contributed by atoms with Crippen LogP contribution >= 0.6 is 11.6 Å². The van der Waals surface area contributed by atoms with Crippen LogP contribution in [0.3, 0.4) is 0 Å². The minimum absolute atomic E-state index is 0.0262. The Morgan fingerprint density at radius 3 is 2.70 bits per heavy atom. The van der Waals surface area contributed by atoms with Crippen LogP contribution in [-0.2, 0) is 14.8 Å². The molecule has 4 rings (SSSR count). The van der Waals surface area contributed by atoms with E-state index in [1.165, 1.54) is 12.1 Å². The number of carbonyl (C=O) groups is 1. The monoisotopic (exact) mass is 492 g/mol. The average molecular weight is 493 g/mol. The van der Waals surface area contributed by atoms with E-state index in [9.17, 15) is 13.2 Å². The molecule has 10 heteroatoms. The quantitative estimate of drug-likeness (QED) is 0.549. The van der Waals surface area contributed by atoms with Crippen molar-refractivity contribution in [1.82, 2.24) is 10.6 Å². The second kappa shape index (κ2) is 10.3. The van der Waals surface area contributed by atoms with Crippen molar-refractivity contribution in [2.75, 3.05) is 49.0 Å². The molecule has 2 aliphatic rings. The molecule has 2 saturated heterocycles. The molecular formula is C23H29ClN4O4S. The number of hydrogen-bond donors (Lipinski definition) is 3. The van der Waals surface area contributed by atoms with Crippen molar-refractivity contribution in [3.05, 3.63) is 52.5 Å². The molecule has 0 unspecified atom stereocenters. The number of aryl methyl sites for hydroxylation is 1. The van der Waals surface area contributed by atoms with Crippen molar-refractivity contribution < 1.29 is 17.9 Å². The van der Waals surface area contributed by atoms with Crippen molar-refractivity contribution >= 4 is 38.9 Å². The highest BCUT2D eigenvalue weighted by Gasteiger charge is 2.23. The fraction of sp³-hybridized carbons (Fsp3) is 0.435. The van der Waals surface area contributed by atoms with Gasteiger partial charge in [-0.15, -0.1) is 0 Å². The van der Waals surface area contributed by atoms with Gasteiger partial charge in [0, 0.05) is 49.9 Å². The number of carbonyl (C=O) groups excluding carboxylic acids is 1. The summed E-state index contributed by atoms with van der Waals surface area (Å²) in [4.78, 5) is 14.9. The lowest BCUT2D eigenvalue weighted by Crippen LogP contribution is -2.43. The van der Waals surface area contributed by atoms with Crippen LogP contribution in [0.2, 0.25) is 5.02 Å². The highest BCUT2D eigenvalue weighted by Crippen LogP contribution is 2.31. The zero-order valence-corrected chi connectivity index (χ0v) is 20.1. The van der Waals surface area contributed by atoms with Crippen LogP contribution in [-0.4, -0.2) is 59.8 Å². The van der Waals surface area contributed by atoms with Gasteiger partial charge in [-0.1, -0.05) is 17.7 Å². The third-order valence-electron chi connectivity index (χ3n) is 5.93. The van der Waals surface area contributed by atoms with Gasteiger partial charge in [0.25, 0.3) is 15.9 Å². The number of benzene rings is 2. The first kappa shape index (κ1) is 23.8. The lowest BCUT2D eigenvalue weighted by atomic mass is 10.1. The van der Waals surface area contributed by atoms with Crippen LogP contribution in [0, 0.1) is 6.92 Å². The topological polar surface area (TPSA) is 99.8 Å². The predicted octanol–water partition coefficient (Wildman–Crippen LogP) is 2.77. The van der Waals surface area contributed by atoms with Gasteiger partial charge in [0.05, 0.1) is 22.4 Å². The number of nitrogens with zero attached hydrogens (tertiary/aromatic N) is 1. The molecule has 2 aliphatic heterocycles. The summed E-state index contributed by atoms with van der Waals surface area (Å²) in [7, 11) is -3.91. The molecule has 0 spiro atoms. The first-order chi connectivity index (χ1) is 15.8. The van der Waals surface area contributed by atoms with E-state index in [1.54, 1.807) is 24.3 Å². The maximum atomic E-state index is 13.2. The Morgan fingerprint density at radius 2 is 2.00 bits per heavy atom. The normalized spacial score (nSPS) is 18.8. The predicted molar refractivity (Wildman–Crippen MR) is 130 cm³/mol. The molecule has 2 fully saturated rings. The van der Waals surface area contributed by atoms with Gasteiger partial charge < -0.3 is 20.3 Å². The van der Waals surface area contributed by atoms with Crippen molar-refractivity contribution in [2.24, 2.45) is 0 Å². The van der Waals surface area contributed by atoms with Crippen LogP contribution in [0.1, 0.15) is 28.8 Å². The number of hydrogen-bond acceptors (Lipinski definition) is 6.